The summed E-state index contributed by atoms with van der Waals surface area (Å²) in [4.78, 5) is 26.1. The molecule has 0 radical (unpaired) electrons. The van der Waals surface area contributed by atoms with Crippen LogP contribution in [0.25, 0.3) is 10.9 Å². The molecule has 1 aromatic heterocycles. The van der Waals surface area contributed by atoms with E-state index < -0.39 is 0 Å². The number of amides is 1. The maximum atomic E-state index is 12.9. The van der Waals surface area contributed by atoms with E-state index in [0.29, 0.717) is 5.92 Å². The molecule has 0 aliphatic carbocycles. The maximum Gasteiger partial charge on any atom is 0.253 e. The normalized spacial score (nSPS) is 21.5. The van der Waals surface area contributed by atoms with Gasteiger partial charge in [-0.05, 0) is 49.8 Å². The molecule has 0 saturated carbocycles. The molecule has 24 heavy (non-hydrogen) atoms. The van der Waals surface area contributed by atoms with Crippen molar-refractivity contribution in [3.63, 3.8) is 0 Å². The van der Waals surface area contributed by atoms with E-state index in [1.165, 1.54) is 19.3 Å². The Labute approximate surface area is 142 Å². The fourth-order valence-electron chi connectivity index (χ4n) is 3.91. The van der Waals surface area contributed by atoms with Gasteiger partial charge in [0.05, 0.1) is 5.52 Å². The monoisotopic (exact) mass is 324 g/mol. The molecule has 126 valence electrons. The van der Waals surface area contributed by atoms with Gasteiger partial charge in [-0.1, -0.05) is 6.92 Å². The molecule has 1 atom stereocenters. The molecule has 1 aromatic carbocycles. The summed E-state index contributed by atoms with van der Waals surface area (Å²) in [5.41, 5.74) is 1.67. The zero-order valence-electron chi connectivity index (χ0n) is 14.2. The smallest absolute Gasteiger partial charge is 0.253 e. The fraction of sp³-hybridized carbons (Fsp3) is 0.526. The highest BCUT2D eigenvalue weighted by Crippen LogP contribution is 2.27. The first-order valence-corrected chi connectivity index (χ1v) is 9.01. The predicted octanol–water partition coefficient (Wildman–Crippen LogP) is 3.10. The summed E-state index contributed by atoms with van der Waals surface area (Å²) in [6.07, 6.45) is 6.35. The first-order valence-electron chi connectivity index (χ1n) is 9.01. The molecule has 0 bridgehead atoms. The third-order valence-electron chi connectivity index (χ3n) is 5.21. The molecule has 5 heteroatoms. The molecule has 3 heterocycles. The quantitative estimate of drug-likeness (QED) is 0.852. The van der Waals surface area contributed by atoms with Gasteiger partial charge in [0.15, 0.2) is 0 Å². The number of carbonyl (C=O) groups excluding carboxylic acids is 1. The molecular weight excluding hydrogens is 300 g/mol. The van der Waals surface area contributed by atoms with E-state index in [1.807, 2.05) is 23.1 Å². The molecular formula is C19H24N4O. The van der Waals surface area contributed by atoms with Gasteiger partial charge >= 0.3 is 0 Å². The number of hydrogen-bond acceptors (Lipinski definition) is 4. The molecule has 2 fully saturated rings. The Morgan fingerprint density at radius 2 is 1.96 bits per heavy atom. The number of anilines is 1. The Hall–Kier alpha value is -2.17. The second kappa shape index (κ2) is 6.38. The summed E-state index contributed by atoms with van der Waals surface area (Å²) >= 11 is 0. The zero-order chi connectivity index (χ0) is 16.5. The number of rotatable bonds is 2. The SMILES string of the molecule is C[C@H]1CCCN(C(=O)c2ccc3ncnc(N4CCCC4)c3c2)C1. The second-order valence-electron chi connectivity index (χ2n) is 7.12. The summed E-state index contributed by atoms with van der Waals surface area (Å²) in [5, 5.41) is 0.996. The Morgan fingerprint density at radius 1 is 1.12 bits per heavy atom. The lowest BCUT2D eigenvalue weighted by atomic mass is 9.99. The topological polar surface area (TPSA) is 49.3 Å². The van der Waals surface area contributed by atoms with Crippen LogP contribution in [0, 0.1) is 5.92 Å². The minimum absolute atomic E-state index is 0.139. The number of aromatic nitrogens is 2. The molecule has 2 saturated heterocycles. The van der Waals surface area contributed by atoms with Crippen LogP contribution in [0.15, 0.2) is 24.5 Å². The lowest BCUT2D eigenvalue weighted by Crippen LogP contribution is -2.39. The third kappa shape index (κ3) is 2.83. The highest BCUT2D eigenvalue weighted by Gasteiger charge is 2.23. The number of fused-ring (bicyclic) bond motifs is 1. The van der Waals surface area contributed by atoms with Crippen LogP contribution in [0.5, 0.6) is 0 Å². The summed E-state index contributed by atoms with van der Waals surface area (Å²) in [6.45, 7) is 6.02. The molecule has 0 unspecified atom stereocenters. The molecule has 0 spiro atoms. The first kappa shape index (κ1) is 15.4. The average Bonchev–Trinajstić information content (AvgIpc) is 3.14. The van der Waals surface area contributed by atoms with Crippen LogP contribution < -0.4 is 4.90 Å². The molecule has 2 aliphatic heterocycles. The molecule has 2 aromatic rings. The average molecular weight is 324 g/mol. The van der Waals surface area contributed by atoms with Crippen LogP contribution in [-0.2, 0) is 0 Å². The van der Waals surface area contributed by atoms with Gasteiger partial charge in [0, 0.05) is 37.1 Å². The number of carbonyl (C=O) groups is 1. The number of hydrogen-bond donors (Lipinski definition) is 0. The van der Waals surface area contributed by atoms with Gasteiger partial charge in [0.25, 0.3) is 5.91 Å². The molecule has 0 N–H and O–H groups in total. The van der Waals surface area contributed by atoms with E-state index in [9.17, 15) is 4.79 Å². The van der Waals surface area contributed by atoms with Gasteiger partial charge in [0.1, 0.15) is 12.1 Å². The van der Waals surface area contributed by atoms with Crippen LogP contribution in [0.4, 0.5) is 5.82 Å². The largest absolute Gasteiger partial charge is 0.356 e. The maximum absolute atomic E-state index is 12.9. The van der Waals surface area contributed by atoms with Crippen LogP contribution in [0.3, 0.4) is 0 Å². The summed E-state index contributed by atoms with van der Waals surface area (Å²) in [7, 11) is 0. The van der Waals surface area contributed by atoms with Crippen LogP contribution in [0.2, 0.25) is 0 Å². The van der Waals surface area contributed by atoms with Crippen molar-refractivity contribution in [2.45, 2.75) is 32.6 Å². The highest BCUT2D eigenvalue weighted by molar-refractivity contribution is 6.00. The Bertz CT molecular complexity index is 754. The van der Waals surface area contributed by atoms with Gasteiger partial charge in [-0.2, -0.15) is 0 Å². The van der Waals surface area contributed by atoms with Crippen molar-refractivity contribution in [1.82, 2.24) is 14.9 Å². The van der Waals surface area contributed by atoms with Gasteiger partial charge in [-0.3, -0.25) is 4.79 Å². The first-order chi connectivity index (χ1) is 11.7. The third-order valence-corrected chi connectivity index (χ3v) is 5.21. The Morgan fingerprint density at radius 3 is 2.75 bits per heavy atom. The Balaban J connectivity index is 1.69. The minimum Gasteiger partial charge on any atom is -0.356 e. The van der Waals surface area contributed by atoms with Crippen LogP contribution in [0.1, 0.15) is 43.0 Å². The predicted molar refractivity (Wildman–Crippen MR) is 95.3 cm³/mol. The van der Waals surface area contributed by atoms with Crippen molar-refractivity contribution in [1.29, 1.82) is 0 Å². The van der Waals surface area contributed by atoms with E-state index in [2.05, 4.69) is 21.8 Å². The number of likely N-dealkylation sites (tertiary alicyclic amines) is 1. The minimum atomic E-state index is 0.139. The lowest BCUT2D eigenvalue weighted by Gasteiger charge is -2.31. The van der Waals surface area contributed by atoms with E-state index in [4.69, 9.17) is 0 Å². The molecule has 4 rings (SSSR count). The lowest BCUT2D eigenvalue weighted by molar-refractivity contribution is 0.0683. The van der Waals surface area contributed by atoms with E-state index >= 15 is 0 Å². The van der Waals surface area contributed by atoms with Crippen molar-refractivity contribution in [2.24, 2.45) is 5.92 Å². The standard InChI is InChI=1S/C19H24N4O/c1-14-5-4-10-23(12-14)19(24)15-6-7-17-16(11-15)18(21-13-20-17)22-8-2-3-9-22/h6-7,11,13-14H,2-5,8-10,12H2,1H3/t14-/m0/s1. The van der Waals surface area contributed by atoms with E-state index in [1.54, 1.807) is 6.33 Å². The van der Waals surface area contributed by atoms with Crippen molar-refractivity contribution < 1.29 is 4.79 Å². The summed E-state index contributed by atoms with van der Waals surface area (Å²) in [6, 6.07) is 5.85. The summed E-state index contributed by atoms with van der Waals surface area (Å²) in [5.74, 6) is 1.70. The highest BCUT2D eigenvalue weighted by atomic mass is 16.2. The molecule has 5 nitrogen and oxygen atoms in total. The van der Waals surface area contributed by atoms with Crippen LogP contribution >= 0.6 is 0 Å². The van der Waals surface area contributed by atoms with Crippen molar-refractivity contribution in [3.8, 4) is 0 Å². The molecule has 1 amide bonds. The number of benzene rings is 1. The van der Waals surface area contributed by atoms with E-state index in [0.717, 1.165) is 54.9 Å². The Kier molecular flexibility index (Phi) is 4.08. The van der Waals surface area contributed by atoms with Crippen molar-refractivity contribution in [3.05, 3.63) is 30.1 Å². The fourth-order valence-corrected chi connectivity index (χ4v) is 3.91. The van der Waals surface area contributed by atoms with E-state index in [-0.39, 0.29) is 5.91 Å². The second-order valence-corrected chi connectivity index (χ2v) is 7.12. The number of piperidine rings is 1. The van der Waals surface area contributed by atoms with Gasteiger partial charge in [0.2, 0.25) is 0 Å². The molecule has 2 aliphatic rings. The van der Waals surface area contributed by atoms with Crippen LogP contribution in [-0.4, -0.2) is 47.0 Å². The van der Waals surface area contributed by atoms with Gasteiger partial charge in [-0.25, -0.2) is 9.97 Å². The zero-order valence-corrected chi connectivity index (χ0v) is 14.2. The van der Waals surface area contributed by atoms with Gasteiger partial charge < -0.3 is 9.80 Å². The van der Waals surface area contributed by atoms with Crippen molar-refractivity contribution in [2.75, 3.05) is 31.1 Å². The van der Waals surface area contributed by atoms with Crippen molar-refractivity contribution >= 4 is 22.6 Å². The summed E-state index contributed by atoms with van der Waals surface area (Å²) < 4.78 is 0. The van der Waals surface area contributed by atoms with Gasteiger partial charge in [-0.15, -0.1) is 0 Å². The number of nitrogens with zero attached hydrogens (tertiary/aromatic N) is 4.